The lowest BCUT2D eigenvalue weighted by Gasteiger charge is -2.33. The Kier molecular flexibility index (Phi) is 6.26. The van der Waals surface area contributed by atoms with Crippen molar-refractivity contribution >= 4 is 0 Å². The summed E-state index contributed by atoms with van der Waals surface area (Å²) in [6.45, 7) is 5.78. The third-order valence-electron chi connectivity index (χ3n) is 6.37. The summed E-state index contributed by atoms with van der Waals surface area (Å²) in [6, 6.07) is 11.4. The van der Waals surface area contributed by atoms with Gasteiger partial charge in [-0.1, -0.05) is 49.6 Å². The van der Waals surface area contributed by atoms with Crippen molar-refractivity contribution in [3.05, 3.63) is 35.9 Å². The first-order chi connectivity index (χ1) is 12.8. The van der Waals surface area contributed by atoms with Crippen molar-refractivity contribution in [3.8, 4) is 0 Å². The number of fused-ring (bicyclic) bond motifs is 2. The van der Waals surface area contributed by atoms with E-state index in [0.29, 0.717) is 18.8 Å². The standard InChI is InChI=1S/C22H34N2O2/c25-21(17-26-22-9-5-2-6-10-22)16-24-14-19-11-20(24)15-23(13-19)12-18-7-3-1-4-8-18/h1,3-4,7-8,19-22,25H,2,5-6,9-17H2/t19-,20+,21?/m0/s1. The van der Waals surface area contributed by atoms with Crippen LogP contribution in [0, 0.1) is 5.92 Å². The van der Waals surface area contributed by atoms with Crippen molar-refractivity contribution < 1.29 is 9.84 Å². The van der Waals surface area contributed by atoms with Crippen LogP contribution in [0.3, 0.4) is 0 Å². The normalized spacial score (nSPS) is 29.1. The Bertz CT molecular complexity index is 546. The van der Waals surface area contributed by atoms with Crippen LogP contribution in [0.5, 0.6) is 0 Å². The maximum absolute atomic E-state index is 10.5. The predicted octanol–water partition coefficient (Wildman–Crippen LogP) is 2.90. The van der Waals surface area contributed by atoms with Crippen molar-refractivity contribution in [1.82, 2.24) is 9.80 Å². The van der Waals surface area contributed by atoms with Gasteiger partial charge in [-0.3, -0.25) is 9.80 Å². The number of likely N-dealkylation sites (tertiary alicyclic amines) is 2. The molecule has 1 aromatic carbocycles. The highest BCUT2D eigenvalue weighted by molar-refractivity contribution is 5.14. The quantitative estimate of drug-likeness (QED) is 0.813. The molecule has 144 valence electrons. The predicted molar refractivity (Wildman–Crippen MR) is 104 cm³/mol. The van der Waals surface area contributed by atoms with Gasteiger partial charge in [-0.05, 0) is 30.7 Å². The summed E-state index contributed by atoms with van der Waals surface area (Å²) in [5.74, 6) is 0.754. The molecule has 3 atom stereocenters. The molecular formula is C22H34N2O2. The van der Waals surface area contributed by atoms with E-state index in [9.17, 15) is 5.11 Å². The largest absolute Gasteiger partial charge is 0.389 e. The van der Waals surface area contributed by atoms with Crippen LogP contribution in [0.25, 0.3) is 0 Å². The minimum atomic E-state index is -0.348. The maximum atomic E-state index is 10.5. The molecule has 1 aliphatic carbocycles. The van der Waals surface area contributed by atoms with Crippen LogP contribution in [0.2, 0.25) is 0 Å². The summed E-state index contributed by atoms with van der Waals surface area (Å²) in [4.78, 5) is 5.11. The van der Waals surface area contributed by atoms with Gasteiger partial charge >= 0.3 is 0 Å². The molecule has 3 fully saturated rings. The molecule has 4 nitrogen and oxygen atoms in total. The monoisotopic (exact) mass is 358 g/mol. The Morgan fingerprint density at radius 3 is 2.65 bits per heavy atom. The molecule has 1 saturated carbocycles. The van der Waals surface area contributed by atoms with Crippen LogP contribution < -0.4 is 0 Å². The molecule has 1 unspecified atom stereocenters. The maximum Gasteiger partial charge on any atom is 0.0900 e. The van der Waals surface area contributed by atoms with Crippen LogP contribution in [-0.4, -0.2) is 65.9 Å². The third-order valence-corrected chi connectivity index (χ3v) is 6.37. The second kappa shape index (κ2) is 8.83. The molecule has 1 N–H and O–H groups in total. The SMILES string of the molecule is OC(COC1CCCCC1)CN1C[C@H]2C[C@@H]1CN(Cc1ccccc1)C2. The molecule has 1 aromatic rings. The summed E-state index contributed by atoms with van der Waals surface area (Å²) in [6.07, 6.45) is 7.60. The van der Waals surface area contributed by atoms with Crippen LogP contribution in [0.1, 0.15) is 44.1 Å². The number of hydrogen-bond acceptors (Lipinski definition) is 4. The molecule has 26 heavy (non-hydrogen) atoms. The molecular weight excluding hydrogens is 324 g/mol. The number of benzene rings is 1. The van der Waals surface area contributed by atoms with Gasteiger partial charge in [0.2, 0.25) is 0 Å². The minimum absolute atomic E-state index is 0.348. The molecule has 0 spiro atoms. The van der Waals surface area contributed by atoms with E-state index in [1.165, 1.54) is 50.6 Å². The number of hydrogen-bond donors (Lipinski definition) is 1. The molecule has 3 aliphatic rings. The molecule has 2 heterocycles. The number of aliphatic hydroxyl groups is 1. The zero-order valence-corrected chi connectivity index (χ0v) is 15.9. The highest BCUT2D eigenvalue weighted by Gasteiger charge is 2.38. The Hall–Kier alpha value is -0.940. The van der Waals surface area contributed by atoms with E-state index in [0.717, 1.165) is 32.1 Å². The van der Waals surface area contributed by atoms with E-state index in [1.54, 1.807) is 0 Å². The number of piperidine rings is 1. The van der Waals surface area contributed by atoms with Gasteiger partial charge in [-0.15, -0.1) is 0 Å². The Morgan fingerprint density at radius 2 is 1.85 bits per heavy atom. The van der Waals surface area contributed by atoms with Gasteiger partial charge in [-0.25, -0.2) is 0 Å². The average Bonchev–Trinajstić information content (AvgIpc) is 2.95. The van der Waals surface area contributed by atoms with Crippen molar-refractivity contribution in [1.29, 1.82) is 0 Å². The lowest BCUT2D eigenvalue weighted by Crippen LogP contribution is -2.44. The zero-order valence-electron chi connectivity index (χ0n) is 15.9. The Labute approximate surface area is 158 Å². The van der Waals surface area contributed by atoms with Gasteiger partial charge in [0.25, 0.3) is 0 Å². The summed E-state index contributed by atoms with van der Waals surface area (Å²) < 4.78 is 5.98. The Morgan fingerprint density at radius 1 is 1.04 bits per heavy atom. The van der Waals surface area contributed by atoms with Gasteiger partial charge < -0.3 is 9.84 Å². The lowest BCUT2D eigenvalue weighted by atomic mass is 9.98. The van der Waals surface area contributed by atoms with Crippen molar-refractivity contribution in [3.63, 3.8) is 0 Å². The minimum Gasteiger partial charge on any atom is -0.389 e. The third kappa shape index (κ3) is 4.86. The van der Waals surface area contributed by atoms with E-state index in [2.05, 4.69) is 40.1 Å². The summed E-state index contributed by atoms with van der Waals surface area (Å²) >= 11 is 0. The summed E-state index contributed by atoms with van der Waals surface area (Å²) in [7, 11) is 0. The van der Waals surface area contributed by atoms with Crippen molar-refractivity contribution in [2.24, 2.45) is 5.92 Å². The topological polar surface area (TPSA) is 35.9 Å². The second-order valence-corrected chi connectivity index (χ2v) is 8.64. The van der Waals surface area contributed by atoms with Gasteiger partial charge in [0.05, 0.1) is 18.8 Å². The molecule has 4 rings (SSSR count). The molecule has 0 radical (unpaired) electrons. The van der Waals surface area contributed by atoms with Gasteiger partial charge in [-0.2, -0.15) is 0 Å². The van der Waals surface area contributed by atoms with E-state index in [4.69, 9.17) is 4.74 Å². The van der Waals surface area contributed by atoms with E-state index in [-0.39, 0.29) is 6.10 Å². The zero-order chi connectivity index (χ0) is 17.8. The highest BCUT2D eigenvalue weighted by atomic mass is 16.5. The number of aliphatic hydroxyl groups excluding tert-OH is 1. The van der Waals surface area contributed by atoms with Crippen LogP contribution in [0.4, 0.5) is 0 Å². The average molecular weight is 359 g/mol. The fraction of sp³-hybridized carbons (Fsp3) is 0.727. The van der Waals surface area contributed by atoms with Crippen LogP contribution in [0.15, 0.2) is 30.3 Å². The fourth-order valence-corrected chi connectivity index (χ4v) is 5.15. The van der Waals surface area contributed by atoms with Crippen LogP contribution in [-0.2, 0) is 11.3 Å². The van der Waals surface area contributed by atoms with Gasteiger partial charge in [0.15, 0.2) is 0 Å². The molecule has 2 saturated heterocycles. The number of rotatable bonds is 7. The summed E-state index contributed by atoms with van der Waals surface area (Å²) in [5, 5.41) is 10.5. The molecule has 4 heteroatoms. The fourth-order valence-electron chi connectivity index (χ4n) is 5.15. The Balaban J connectivity index is 1.23. The molecule has 0 amide bonds. The van der Waals surface area contributed by atoms with Crippen molar-refractivity contribution in [2.45, 2.75) is 63.3 Å². The first-order valence-electron chi connectivity index (χ1n) is 10.6. The highest BCUT2D eigenvalue weighted by Crippen LogP contribution is 2.30. The number of ether oxygens (including phenoxy) is 1. The van der Waals surface area contributed by atoms with Gasteiger partial charge in [0, 0.05) is 38.8 Å². The van der Waals surface area contributed by atoms with Crippen molar-refractivity contribution in [2.75, 3.05) is 32.8 Å². The van der Waals surface area contributed by atoms with E-state index in [1.807, 2.05) is 0 Å². The first-order valence-corrected chi connectivity index (χ1v) is 10.6. The second-order valence-electron chi connectivity index (χ2n) is 8.64. The number of β-amino-alcohol motifs (C(OH)–C–C–N with tert-alkyl or cyclic N) is 1. The lowest BCUT2D eigenvalue weighted by molar-refractivity contribution is -0.0347. The van der Waals surface area contributed by atoms with Crippen LogP contribution >= 0.6 is 0 Å². The molecule has 2 bridgehead atoms. The smallest absolute Gasteiger partial charge is 0.0900 e. The summed E-state index contributed by atoms with van der Waals surface area (Å²) in [5.41, 5.74) is 1.40. The first kappa shape index (κ1) is 18.4. The number of nitrogens with zero attached hydrogens (tertiary/aromatic N) is 2. The molecule has 2 aliphatic heterocycles. The molecule has 0 aromatic heterocycles. The van der Waals surface area contributed by atoms with E-state index >= 15 is 0 Å². The van der Waals surface area contributed by atoms with E-state index < -0.39 is 0 Å². The van der Waals surface area contributed by atoms with Gasteiger partial charge in [0.1, 0.15) is 0 Å².